The number of pyridine rings is 2. The number of primary amides is 4. The maximum Gasteiger partial charge on any atom is 0.415 e. The van der Waals surface area contributed by atoms with Gasteiger partial charge in [0.05, 0.1) is 46.7 Å². The monoisotopic (exact) mass is 820 g/mol. The molecule has 0 fully saturated rings. The number of rotatable bonds is 11. The van der Waals surface area contributed by atoms with Crippen molar-refractivity contribution < 1.29 is 69.0 Å². The van der Waals surface area contributed by atoms with Crippen LogP contribution in [0.3, 0.4) is 0 Å². The van der Waals surface area contributed by atoms with Crippen LogP contribution >= 0.6 is 0 Å². The number of quaternary nitrogens is 2. The molecule has 2 aromatic heterocycles. The van der Waals surface area contributed by atoms with Crippen LogP contribution in [-0.2, 0) is 41.6 Å². The molecule has 2 unspecified atom stereocenters. The summed E-state index contributed by atoms with van der Waals surface area (Å²) in [4.78, 5) is 69.0. The van der Waals surface area contributed by atoms with Gasteiger partial charge in [0.2, 0.25) is 0 Å². The van der Waals surface area contributed by atoms with E-state index < -0.39 is 36.0 Å². The van der Waals surface area contributed by atoms with E-state index in [1.807, 2.05) is 84.9 Å². The van der Waals surface area contributed by atoms with E-state index in [2.05, 4.69) is 21.1 Å². The van der Waals surface area contributed by atoms with Crippen molar-refractivity contribution >= 4 is 69.8 Å². The second-order valence-electron chi connectivity index (χ2n) is 13.3. The molecular weight excluding hydrogens is 777 g/mol. The Hall–Kier alpha value is -7.38. The molecule has 0 spiro atoms. The molecule has 18 heteroatoms. The number of carboxylic acid groups (broad SMARTS) is 2. The topological polar surface area (TPSA) is 279 Å². The predicted octanol–water partition coefficient (Wildman–Crippen LogP) is -3.06. The minimum Gasteiger partial charge on any atom is -0.547 e. The Kier molecular flexibility index (Phi) is 16.2. The number of aliphatic carboxylic acids is 2. The van der Waals surface area contributed by atoms with Gasteiger partial charge in [0, 0.05) is 24.3 Å². The first-order valence-electron chi connectivity index (χ1n) is 18.4. The van der Waals surface area contributed by atoms with E-state index in [-0.39, 0.29) is 23.2 Å². The second kappa shape index (κ2) is 21.4. The van der Waals surface area contributed by atoms with Crippen molar-refractivity contribution in [2.75, 3.05) is 10.9 Å². The molecule has 0 bridgehead atoms. The summed E-state index contributed by atoms with van der Waals surface area (Å²) in [6.45, 7) is 5.71. The number of anilines is 2. The number of benzene rings is 2. The van der Waals surface area contributed by atoms with Gasteiger partial charge in [-0.3, -0.25) is 10.9 Å². The number of amides is 4. The van der Waals surface area contributed by atoms with Gasteiger partial charge in [-0.25, -0.2) is 29.8 Å². The van der Waals surface area contributed by atoms with E-state index in [1.54, 1.807) is 47.8 Å². The molecule has 8 N–H and O–H groups in total. The number of aliphatic hydroxyl groups excluding tert-OH is 2. The third-order valence-corrected chi connectivity index (χ3v) is 8.71. The fourth-order valence-corrected chi connectivity index (χ4v) is 5.51. The summed E-state index contributed by atoms with van der Waals surface area (Å²) in [7, 11) is 0. The van der Waals surface area contributed by atoms with E-state index >= 15 is 0 Å². The van der Waals surface area contributed by atoms with E-state index in [0.29, 0.717) is 33.9 Å². The third kappa shape index (κ3) is 12.6. The van der Waals surface area contributed by atoms with E-state index in [4.69, 9.17) is 10.2 Å². The van der Waals surface area contributed by atoms with Crippen molar-refractivity contribution in [3.63, 3.8) is 0 Å². The van der Waals surface area contributed by atoms with Crippen LogP contribution in [0.25, 0.3) is 11.4 Å². The number of aromatic nitrogens is 2. The number of hydrogen-bond donors (Lipinski definition) is 6. The number of aliphatic hydroxyl groups is 2. The molecule has 0 radical (unpaired) electrons. The van der Waals surface area contributed by atoms with Crippen molar-refractivity contribution in [1.29, 1.82) is 0 Å². The molecule has 2 aliphatic heterocycles. The van der Waals surface area contributed by atoms with Crippen molar-refractivity contribution in [2.24, 2.45) is 10.2 Å². The Balaban J connectivity index is 0.000000580. The van der Waals surface area contributed by atoms with Crippen LogP contribution in [0.1, 0.15) is 38.8 Å². The Morgan fingerprint density at radius 1 is 0.583 bits per heavy atom. The number of carbonyl (C=O) groups is 6. The maximum atomic E-state index is 12.6. The molecule has 0 saturated carbocycles. The fraction of sp³-hybridized carbons (Fsp3) is 0.190. The average Bonchev–Trinajstić information content (AvgIpc) is 3.21. The van der Waals surface area contributed by atoms with E-state index in [9.17, 15) is 39.0 Å². The van der Waals surface area contributed by atoms with Gasteiger partial charge in [-0.05, 0) is 75.9 Å². The number of nitrogens with zero attached hydrogens (tertiary/aromatic N) is 4. The Labute approximate surface area is 343 Å². The molecule has 310 valence electrons. The summed E-state index contributed by atoms with van der Waals surface area (Å²) in [5.74, 6) is -4.44. The van der Waals surface area contributed by atoms with Gasteiger partial charge >= 0.3 is 35.0 Å². The fourth-order valence-electron chi connectivity index (χ4n) is 5.51. The number of imide groups is 2. The van der Waals surface area contributed by atoms with Crippen molar-refractivity contribution in [1.82, 2.24) is 0 Å². The zero-order chi connectivity index (χ0) is 43.9. The van der Waals surface area contributed by atoms with Gasteiger partial charge in [-0.1, -0.05) is 36.4 Å². The van der Waals surface area contributed by atoms with Gasteiger partial charge in [0.25, 0.3) is 0 Å². The maximum absolute atomic E-state index is 12.6. The molecule has 2 aromatic carbocycles. The summed E-state index contributed by atoms with van der Waals surface area (Å²) in [5, 5.41) is 45.4. The molecular formula is C42H44N8O10+2. The summed E-state index contributed by atoms with van der Waals surface area (Å²) < 4.78 is 3.37. The van der Waals surface area contributed by atoms with Crippen LogP contribution in [0, 0.1) is 0 Å². The molecule has 4 amide bonds. The summed E-state index contributed by atoms with van der Waals surface area (Å²) in [6, 6.07) is 26.6. The highest BCUT2D eigenvalue weighted by molar-refractivity contribution is 6.48. The number of nitrogens with two attached hydrogens (primary N) is 2. The zero-order valence-electron chi connectivity index (χ0n) is 33.1. The van der Waals surface area contributed by atoms with Gasteiger partial charge in [0.1, 0.15) is 0 Å². The van der Waals surface area contributed by atoms with E-state index in [1.165, 1.54) is 0 Å². The lowest BCUT2D eigenvalue weighted by Gasteiger charge is -2.11. The first-order chi connectivity index (χ1) is 28.6. The molecule has 4 heterocycles. The molecule has 6 rings (SSSR count). The molecule has 18 nitrogen and oxygen atoms in total. The van der Waals surface area contributed by atoms with E-state index in [0.717, 1.165) is 48.4 Å². The number of hydrogen-bond acceptors (Lipinski definition) is 14. The van der Waals surface area contributed by atoms with Crippen molar-refractivity contribution in [2.45, 2.75) is 52.7 Å². The van der Waals surface area contributed by atoms with Crippen molar-refractivity contribution in [3.05, 3.63) is 132 Å². The first-order valence-corrected chi connectivity index (χ1v) is 18.4. The second-order valence-corrected chi connectivity index (χ2v) is 13.3. The molecule has 0 aliphatic carbocycles. The van der Waals surface area contributed by atoms with Crippen LogP contribution in [0.4, 0.5) is 11.4 Å². The molecule has 2 aliphatic rings. The minimum absolute atomic E-state index is 0.190. The van der Waals surface area contributed by atoms with Crippen LogP contribution in [0.15, 0.2) is 131 Å². The summed E-state index contributed by atoms with van der Waals surface area (Å²) in [5.41, 5.74) is 11.8. The Morgan fingerprint density at radius 2 is 0.883 bits per heavy atom. The summed E-state index contributed by atoms with van der Waals surface area (Å²) >= 11 is 0. The third-order valence-electron chi connectivity index (χ3n) is 8.71. The molecule has 4 aromatic rings. The van der Waals surface area contributed by atoms with Gasteiger partial charge in [0.15, 0.2) is 36.2 Å². The normalized spacial score (nSPS) is 16.4. The highest BCUT2D eigenvalue weighted by Gasteiger charge is 2.41. The highest BCUT2D eigenvalue weighted by atomic mass is 16.4. The van der Waals surface area contributed by atoms with Gasteiger partial charge < -0.3 is 30.0 Å². The van der Waals surface area contributed by atoms with Crippen LogP contribution in [0.2, 0.25) is 0 Å². The lowest BCUT2D eigenvalue weighted by atomic mass is 10.0. The number of carbonyl (C=O) groups excluding carboxylic acids is 6. The number of aryl methyl sites for hydroxylation is 2. The standard InChI is InChI=1S/C36H30N8O4.2C3H6O3/c1-23-29(33(45)37-35(47)31(23)43-19-5-3-6-20-43)41-39-27-15-11-25(12-16-27)9-10-26-13-17-28(18-14-26)40-42-30-24(2)32(36(48)38-34(30)46)44-21-7-4-8-22-44;2*1-2(4)3(5)6/h3-8,11-22H,9-10H2,1-2H3,(H2-2,37,38,39,40,45,46,47,48);2*2,4H,1H3,(H,5,6)/p+2. The smallest absolute Gasteiger partial charge is 0.415 e. The summed E-state index contributed by atoms with van der Waals surface area (Å²) in [6.07, 6.45) is 5.96. The average molecular weight is 821 g/mol. The lowest BCUT2D eigenvalue weighted by Crippen LogP contribution is -2.95. The Bertz CT molecular complexity index is 2190. The SMILES string of the molecule is CC(O)C(=O)[O-].CC(O)C(=O)[O-].CC1=C([n+]2ccccc2)C(=O)[NH2+]C(=O)C1=NNc1ccc(CCc2ccc(NN=C3C(=O)[NH2+]C(=O)C([n+]4ccccc4)=C3C)cc2)cc1. The number of hydrazone groups is 2. The number of carboxylic acids is 2. The quantitative estimate of drug-likeness (QED) is 0.0500. The first kappa shape index (κ1) is 45.3. The van der Waals surface area contributed by atoms with Crippen LogP contribution in [-0.4, -0.2) is 69.4 Å². The number of nitrogens with one attached hydrogen (secondary N) is 2. The lowest BCUT2D eigenvalue weighted by molar-refractivity contribution is -0.590. The molecule has 2 atom stereocenters. The van der Waals surface area contributed by atoms with Crippen LogP contribution in [0.5, 0.6) is 0 Å². The zero-order valence-corrected chi connectivity index (χ0v) is 33.1. The highest BCUT2D eigenvalue weighted by Crippen LogP contribution is 2.17. The molecule has 60 heavy (non-hydrogen) atoms. The molecule has 0 saturated heterocycles. The minimum atomic E-state index is -1.44. The largest absolute Gasteiger partial charge is 0.547 e. The van der Waals surface area contributed by atoms with Gasteiger partial charge in [-0.2, -0.15) is 19.3 Å². The Morgan fingerprint density at radius 3 is 1.17 bits per heavy atom. The predicted molar refractivity (Wildman–Crippen MR) is 211 cm³/mol. The van der Waals surface area contributed by atoms with Crippen molar-refractivity contribution in [3.8, 4) is 0 Å². The van der Waals surface area contributed by atoms with Gasteiger partial charge in [-0.15, -0.1) is 0 Å². The van der Waals surface area contributed by atoms with Crippen LogP contribution < -0.4 is 40.8 Å².